The highest BCUT2D eigenvalue weighted by Crippen LogP contribution is 2.32. The van der Waals surface area contributed by atoms with Crippen LogP contribution in [0, 0.1) is 0 Å². The molecule has 0 spiro atoms. The van der Waals surface area contributed by atoms with E-state index in [4.69, 9.17) is 4.74 Å². The Hall–Kier alpha value is -2.32. The Kier molecular flexibility index (Phi) is 6.18. The summed E-state index contributed by atoms with van der Waals surface area (Å²) in [7, 11) is 0. The summed E-state index contributed by atoms with van der Waals surface area (Å²) in [5.41, 5.74) is 1.81. The SMILES string of the molecule is CC(NC(=O)COC(=O)c1ccc2c(c1)NC(=O)CS2)c1ccc(Br)cc1. The Morgan fingerprint density at radius 1 is 1.26 bits per heavy atom. The average Bonchev–Trinajstić information content (AvgIpc) is 2.66. The number of hydrogen-bond acceptors (Lipinski definition) is 5. The number of amides is 2. The minimum Gasteiger partial charge on any atom is -0.452 e. The van der Waals surface area contributed by atoms with E-state index in [1.54, 1.807) is 18.2 Å². The molecular formula is C19H17BrN2O4S. The minimum absolute atomic E-state index is 0.112. The number of benzene rings is 2. The normalized spacial score (nSPS) is 13.9. The van der Waals surface area contributed by atoms with Gasteiger partial charge in [-0.3, -0.25) is 9.59 Å². The zero-order chi connectivity index (χ0) is 19.4. The number of halogens is 1. The Bertz CT molecular complexity index is 886. The van der Waals surface area contributed by atoms with Crippen LogP contribution in [0.5, 0.6) is 0 Å². The summed E-state index contributed by atoms with van der Waals surface area (Å²) in [4.78, 5) is 36.6. The number of carbonyl (C=O) groups is 3. The maximum atomic E-state index is 12.2. The van der Waals surface area contributed by atoms with Gasteiger partial charge in [0.1, 0.15) is 0 Å². The largest absolute Gasteiger partial charge is 0.452 e. The molecule has 1 aliphatic rings. The van der Waals surface area contributed by atoms with E-state index in [1.165, 1.54) is 11.8 Å². The molecule has 2 aromatic carbocycles. The standard InChI is InChI=1S/C19H17BrN2O4S/c1-11(12-2-5-14(20)6-3-12)21-17(23)9-26-19(25)13-4-7-16-15(8-13)22-18(24)10-27-16/h2-8,11H,9-10H2,1H3,(H,21,23)(H,22,24). The van der Waals surface area contributed by atoms with Gasteiger partial charge in [0.15, 0.2) is 6.61 Å². The fourth-order valence-electron chi connectivity index (χ4n) is 2.54. The highest BCUT2D eigenvalue weighted by atomic mass is 79.9. The zero-order valence-electron chi connectivity index (χ0n) is 14.5. The molecule has 0 radical (unpaired) electrons. The number of thioether (sulfide) groups is 1. The smallest absolute Gasteiger partial charge is 0.338 e. The molecule has 0 aromatic heterocycles. The lowest BCUT2D eigenvalue weighted by atomic mass is 10.1. The van der Waals surface area contributed by atoms with Crippen LogP contribution in [-0.2, 0) is 14.3 Å². The predicted molar refractivity (Wildman–Crippen MR) is 107 cm³/mol. The van der Waals surface area contributed by atoms with Gasteiger partial charge in [-0.2, -0.15) is 0 Å². The van der Waals surface area contributed by atoms with Crippen molar-refractivity contribution in [3.05, 3.63) is 58.1 Å². The maximum absolute atomic E-state index is 12.2. The molecule has 1 aliphatic heterocycles. The Morgan fingerprint density at radius 2 is 2.00 bits per heavy atom. The lowest BCUT2D eigenvalue weighted by Crippen LogP contribution is -2.31. The number of carbonyl (C=O) groups excluding carboxylic acids is 3. The molecule has 0 aliphatic carbocycles. The van der Waals surface area contributed by atoms with E-state index in [-0.39, 0.29) is 30.0 Å². The van der Waals surface area contributed by atoms with Crippen LogP contribution < -0.4 is 10.6 Å². The molecule has 6 nitrogen and oxygen atoms in total. The van der Waals surface area contributed by atoms with E-state index < -0.39 is 5.97 Å². The van der Waals surface area contributed by atoms with Crippen molar-refractivity contribution >= 4 is 51.2 Å². The monoisotopic (exact) mass is 448 g/mol. The number of nitrogens with one attached hydrogen (secondary N) is 2. The van der Waals surface area contributed by atoms with Gasteiger partial charge in [-0.1, -0.05) is 28.1 Å². The molecule has 2 aromatic rings. The number of hydrogen-bond donors (Lipinski definition) is 2. The summed E-state index contributed by atoms with van der Waals surface area (Å²) in [5, 5.41) is 5.50. The topological polar surface area (TPSA) is 84.5 Å². The van der Waals surface area contributed by atoms with Gasteiger partial charge in [0.2, 0.25) is 5.91 Å². The van der Waals surface area contributed by atoms with Crippen LogP contribution in [0.1, 0.15) is 28.9 Å². The van der Waals surface area contributed by atoms with Crippen molar-refractivity contribution in [3.8, 4) is 0 Å². The highest BCUT2D eigenvalue weighted by Gasteiger charge is 2.18. The molecule has 27 heavy (non-hydrogen) atoms. The summed E-state index contributed by atoms with van der Waals surface area (Å²) in [6, 6.07) is 12.3. The minimum atomic E-state index is -0.617. The molecule has 140 valence electrons. The number of ether oxygens (including phenoxy) is 1. The Balaban J connectivity index is 1.54. The van der Waals surface area contributed by atoms with Crippen molar-refractivity contribution in [2.75, 3.05) is 17.7 Å². The third-order valence-corrected chi connectivity index (χ3v) is 5.53. The zero-order valence-corrected chi connectivity index (χ0v) is 16.9. The lowest BCUT2D eigenvalue weighted by Gasteiger charge is -2.17. The first-order valence-corrected chi connectivity index (χ1v) is 9.99. The van der Waals surface area contributed by atoms with Gasteiger partial charge >= 0.3 is 5.97 Å². The number of esters is 1. The summed E-state index contributed by atoms with van der Waals surface area (Å²) in [6.07, 6.45) is 0. The fraction of sp³-hybridized carbons (Fsp3) is 0.211. The van der Waals surface area contributed by atoms with Crippen LogP contribution in [0.15, 0.2) is 51.8 Å². The molecule has 2 N–H and O–H groups in total. The first-order chi connectivity index (χ1) is 12.9. The predicted octanol–water partition coefficient (Wildman–Crippen LogP) is 3.53. The molecule has 0 bridgehead atoms. The van der Waals surface area contributed by atoms with Gasteiger partial charge in [0.25, 0.3) is 5.91 Å². The molecule has 2 amide bonds. The molecule has 0 saturated carbocycles. The van der Waals surface area contributed by atoms with Crippen molar-refractivity contribution < 1.29 is 19.1 Å². The molecule has 0 saturated heterocycles. The second kappa shape index (κ2) is 8.58. The molecule has 1 unspecified atom stereocenters. The average molecular weight is 449 g/mol. The van der Waals surface area contributed by atoms with Crippen LogP contribution >= 0.6 is 27.7 Å². The van der Waals surface area contributed by atoms with Crippen LogP contribution in [-0.4, -0.2) is 30.1 Å². The number of fused-ring (bicyclic) bond motifs is 1. The van der Waals surface area contributed by atoms with Crippen LogP contribution in [0.2, 0.25) is 0 Å². The second-order valence-electron chi connectivity index (χ2n) is 5.96. The van der Waals surface area contributed by atoms with E-state index in [2.05, 4.69) is 26.6 Å². The highest BCUT2D eigenvalue weighted by molar-refractivity contribution is 9.10. The van der Waals surface area contributed by atoms with E-state index in [0.29, 0.717) is 11.4 Å². The Labute approximate surface area is 169 Å². The fourth-order valence-corrected chi connectivity index (χ4v) is 3.60. The molecule has 1 heterocycles. The Morgan fingerprint density at radius 3 is 2.74 bits per heavy atom. The van der Waals surface area contributed by atoms with Crippen LogP contribution in [0.3, 0.4) is 0 Å². The van der Waals surface area contributed by atoms with Gasteiger partial charge in [-0.05, 0) is 42.8 Å². The summed E-state index contributed by atoms with van der Waals surface area (Å²) in [6.45, 7) is 1.48. The van der Waals surface area contributed by atoms with Crippen LogP contribution in [0.4, 0.5) is 5.69 Å². The quantitative estimate of drug-likeness (QED) is 0.683. The van der Waals surface area contributed by atoms with Gasteiger partial charge < -0.3 is 15.4 Å². The van der Waals surface area contributed by atoms with Gasteiger partial charge in [-0.25, -0.2) is 4.79 Å². The second-order valence-corrected chi connectivity index (χ2v) is 7.90. The lowest BCUT2D eigenvalue weighted by molar-refractivity contribution is -0.124. The van der Waals surface area contributed by atoms with Gasteiger partial charge in [0, 0.05) is 9.37 Å². The summed E-state index contributed by atoms with van der Waals surface area (Å²) >= 11 is 4.78. The summed E-state index contributed by atoms with van der Waals surface area (Å²) < 4.78 is 6.04. The van der Waals surface area contributed by atoms with Crippen molar-refractivity contribution in [3.63, 3.8) is 0 Å². The number of anilines is 1. The summed E-state index contributed by atoms with van der Waals surface area (Å²) in [5.74, 6) is -0.762. The van der Waals surface area contributed by atoms with Gasteiger partial charge in [-0.15, -0.1) is 11.8 Å². The van der Waals surface area contributed by atoms with E-state index in [1.807, 2.05) is 31.2 Å². The van der Waals surface area contributed by atoms with Crippen molar-refractivity contribution in [2.24, 2.45) is 0 Å². The van der Waals surface area contributed by atoms with Crippen molar-refractivity contribution in [1.82, 2.24) is 5.32 Å². The molecule has 3 rings (SSSR count). The van der Waals surface area contributed by atoms with E-state index in [0.717, 1.165) is 14.9 Å². The first kappa shape index (κ1) is 19.4. The van der Waals surface area contributed by atoms with Crippen LogP contribution in [0.25, 0.3) is 0 Å². The number of rotatable bonds is 5. The van der Waals surface area contributed by atoms with E-state index >= 15 is 0 Å². The molecule has 0 fully saturated rings. The molecule has 1 atom stereocenters. The molecular weight excluding hydrogens is 432 g/mol. The maximum Gasteiger partial charge on any atom is 0.338 e. The van der Waals surface area contributed by atoms with Gasteiger partial charge in [0.05, 0.1) is 23.0 Å². The third-order valence-electron chi connectivity index (χ3n) is 3.93. The first-order valence-electron chi connectivity index (χ1n) is 8.21. The molecule has 8 heteroatoms. The third kappa shape index (κ3) is 5.11. The van der Waals surface area contributed by atoms with E-state index in [9.17, 15) is 14.4 Å². The van der Waals surface area contributed by atoms with Crippen molar-refractivity contribution in [2.45, 2.75) is 17.9 Å². The van der Waals surface area contributed by atoms with Crippen molar-refractivity contribution in [1.29, 1.82) is 0 Å².